The number of rotatable bonds is 12. The summed E-state index contributed by atoms with van der Waals surface area (Å²) in [6, 6.07) is 16.9. The molecule has 2 aromatic carbocycles. The van der Waals surface area contributed by atoms with Crippen LogP contribution in [0.4, 0.5) is 11.4 Å². The average Bonchev–Trinajstić information content (AvgIpc) is 2.95. The van der Waals surface area contributed by atoms with Gasteiger partial charge < -0.3 is 10.1 Å². The molecule has 7 nitrogen and oxygen atoms in total. The van der Waals surface area contributed by atoms with Crippen LogP contribution in [0, 0.1) is 0 Å². The maximum absolute atomic E-state index is 13.2. The lowest BCUT2D eigenvalue weighted by atomic mass is 9.76. The van der Waals surface area contributed by atoms with Crippen LogP contribution in [0.3, 0.4) is 0 Å². The summed E-state index contributed by atoms with van der Waals surface area (Å²) >= 11 is 0. The van der Waals surface area contributed by atoms with Crippen molar-refractivity contribution in [1.82, 2.24) is 10.4 Å². The Morgan fingerprint density at radius 3 is 2.15 bits per heavy atom. The van der Waals surface area contributed by atoms with Crippen molar-refractivity contribution in [2.45, 2.75) is 84.7 Å². The molecule has 0 aliphatic rings. The summed E-state index contributed by atoms with van der Waals surface area (Å²) in [7, 11) is 0. The number of hydrogen-bond donors (Lipinski definition) is 3. The van der Waals surface area contributed by atoms with E-state index in [4.69, 9.17) is 4.74 Å². The molecular formula is C32H42N4O3. The van der Waals surface area contributed by atoms with Gasteiger partial charge >= 0.3 is 0 Å². The van der Waals surface area contributed by atoms with E-state index in [1.807, 2.05) is 13.0 Å². The molecule has 3 rings (SSSR count). The number of nitrogens with one attached hydrogen (secondary N) is 3. The second kappa shape index (κ2) is 12.8. The van der Waals surface area contributed by atoms with Crippen LogP contribution < -0.4 is 20.9 Å². The molecule has 0 aliphatic heterocycles. The van der Waals surface area contributed by atoms with Crippen molar-refractivity contribution < 1.29 is 14.3 Å². The number of aromatic nitrogens is 1. The molecule has 0 radical (unpaired) electrons. The van der Waals surface area contributed by atoms with Crippen LogP contribution >= 0.6 is 0 Å². The van der Waals surface area contributed by atoms with Gasteiger partial charge in [-0.25, -0.2) is 0 Å². The third-order valence-electron chi connectivity index (χ3n) is 7.59. The molecule has 1 atom stereocenters. The number of carbonyl (C=O) groups is 2. The van der Waals surface area contributed by atoms with E-state index in [9.17, 15) is 9.59 Å². The quantitative estimate of drug-likeness (QED) is 0.219. The third-order valence-corrected chi connectivity index (χ3v) is 7.59. The molecule has 2 amide bonds. The lowest BCUT2D eigenvalue weighted by Crippen LogP contribution is -2.33. The highest BCUT2D eigenvalue weighted by Gasteiger charge is 2.28. The summed E-state index contributed by atoms with van der Waals surface area (Å²) in [5.41, 5.74) is 9.63. The normalized spacial score (nSPS) is 12.4. The van der Waals surface area contributed by atoms with Crippen molar-refractivity contribution in [2.24, 2.45) is 0 Å². The highest BCUT2D eigenvalue weighted by molar-refractivity contribution is 5.95. The number of amides is 2. The molecule has 208 valence electrons. The predicted molar refractivity (Wildman–Crippen MR) is 158 cm³/mol. The molecule has 0 bridgehead atoms. The maximum atomic E-state index is 13.2. The first-order valence-corrected chi connectivity index (χ1v) is 13.7. The fraction of sp³-hybridized carbons (Fsp3) is 0.406. The average molecular weight is 531 g/mol. The fourth-order valence-electron chi connectivity index (χ4n) is 4.01. The van der Waals surface area contributed by atoms with Gasteiger partial charge in [0.1, 0.15) is 5.75 Å². The second-order valence-corrected chi connectivity index (χ2v) is 11.1. The minimum atomic E-state index is -0.641. The Labute approximate surface area is 232 Å². The number of ether oxygens (including phenoxy) is 1. The Kier molecular flexibility index (Phi) is 9.73. The van der Waals surface area contributed by atoms with Gasteiger partial charge in [0.25, 0.3) is 11.8 Å². The number of hydrogen-bond acceptors (Lipinski definition) is 5. The molecule has 0 aliphatic carbocycles. The number of anilines is 2. The minimum Gasteiger partial charge on any atom is -0.480 e. The lowest BCUT2D eigenvalue weighted by molar-refractivity contribution is -0.122. The van der Waals surface area contributed by atoms with E-state index in [1.165, 1.54) is 11.8 Å². The summed E-state index contributed by atoms with van der Waals surface area (Å²) in [5, 5.41) is 2.96. The van der Waals surface area contributed by atoms with Gasteiger partial charge in [-0.05, 0) is 78.1 Å². The van der Waals surface area contributed by atoms with Gasteiger partial charge in [0.15, 0.2) is 6.10 Å². The predicted octanol–water partition coefficient (Wildman–Crippen LogP) is 7.01. The van der Waals surface area contributed by atoms with Gasteiger partial charge in [0.05, 0.1) is 11.3 Å². The zero-order valence-corrected chi connectivity index (χ0v) is 24.2. The molecule has 0 spiro atoms. The van der Waals surface area contributed by atoms with Gasteiger partial charge in [-0.15, -0.1) is 0 Å². The van der Waals surface area contributed by atoms with Gasteiger partial charge in [0.2, 0.25) is 0 Å². The van der Waals surface area contributed by atoms with E-state index in [-0.39, 0.29) is 22.6 Å². The number of benzene rings is 2. The van der Waals surface area contributed by atoms with Crippen molar-refractivity contribution in [1.29, 1.82) is 0 Å². The summed E-state index contributed by atoms with van der Waals surface area (Å²) in [6.45, 7) is 15.3. The van der Waals surface area contributed by atoms with Crippen molar-refractivity contribution in [2.75, 3.05) is 10.7 Å². The topological polar surface area (TPSA) is 92.4 Å². The van der Waals surface area contributed by atoms with Crippen LogP contribution in [-0.4, -0.2) is 22.9 Å². The molecule has 1 heterocycles. The lowest BCUT2D eigenvalue weighted by Gasteiger charge is -2.31. The minimum absolute atomic E-state index is 0.0568. The third kappa shape index (κ3) is 7.59. The van der Waals surface area contributed by atoms with Crippen LogP contribution in [0.5, 0.6) is 5.75 Å². The number of nitrogens with zero attached hydrogens (tertiary/aromatic N) is 1. The Balaban J connectivity index is 1.69. The van der Waals surface area contributed by atoms with E-state index in [0.717, 1.165) is 24.2 Å². The molecule has 1 aromatic heterocycles. The number of pyridine rings is 1. The van der Waals surface area contributed by atoms with Gasteiger partial charge in [0, 0.05) is 23.6 Å². The first-order chi connectivity index (χ1) is 18.5. The van der Waals surface area contributed by atoms with Crippen LogP contribution in [0.1, 0.15) is 89.2 Å². The second-order valence-electron chi connectivity index (χ2n) is 11.1. The van der Waals surface area contributed by atoms with Crippen molar-refractivity contribution in [3.8, 4) is 5.75 Å². The van der Waals surface area contributed by atoms with E-state index in [2.05, 4.69) is 74.8 Å². The maximum Gasteiger partial charge on any atom is 0.271 e. The van der Waals surface area contributed by atoms with Crippen molar-refractivity contribution >= 4 is 23.2 Å². The van der Waals surface area contributed by atoms with Crippen LogP contribution in [0.25, 0.3) is 0 Å². The highest BCUT2D eigenvalue weighted by atomic mass is 16.5. The summed E-state index contributed by atoms with van der Waals surface area (Å²) in [6.07, 6.45) is 4.97. The number of carbonyl (C=O) groups excluding carboxylic acids is 2. The highest BCUT2D eigenvalue weighted by Crippen LogP contribution is 2.39. The van der Waals surface area contributed by atoms with E-state index in [1.54, 1.807) is 42.6 Å². The zero-order valence-electron chi connectivity index (χ0n) is 24.2. The molecule has 0 saturated carbocycles. The van der Waals surface area contributed by atoms with Gasteiger partial charge in [-0.3, -0.25) is 25.4 Å². The standard InChI is InChI=1S/C32H42N4O3/c1-8-27(39-28-18-13-23(31(4,5)9-2)20-26(28)32(6,7)10-3)30(38)34-24-14-16-25(17-15-24)35-36-29(37)22-12-11-19-33-21-22/h11-21,27,35H,8-10H2,1-7H3,(H,34,38)(H,36,37). The van der Waals surface area contributed by atoms with Gasteiger partial charge in [-0.2, -0.15) is 0 Å². The molecule has 0 fully saturated rings. The Morgan fingerprint density at radius 2 is 1.56 bits per heavy atom. The largest absolute Gasteiger partial charge is 0.480 e. The molecule has 39 heavy (non-hydrogen) atoms. The van der Waals surface area contributed by atoms with Crippen molar-refractivity contribution in [3.63, 3.8) is 0 Å². The van der Waals surface area contributed by atoms with Crippen LogP contribution in [-0.2, 0) is 15.6 Å². The Bertz CT molecular complexity index is 1250. The smallest absolute Gasteiger partial charge is 0.271 e. The molecular weight excluding hydrogens is 488 g/mol. The fourth-order valence-corrected chi connectivity index (χ4v) is 4.01. The summed E-state index contributed by atoms with van der Waals surface area (Å²) < 4.78 is 6.37. The number of hydrazine groups is 1. The zero-order chi connectivity index (χ0) is 28.6. The molecule has 7 heteroatoms. The van der Waals surface area contributed by atoms with Gasteiger partial charge in [-0.1, -0.05) is 60.6 Å². The molecule has 3 aromatic rings. The Morgan fingerprint density at radius 1 is 0.897 bits per heavy atom. The van der Waals surface area contributed by atoms with E-state index in [0.29, 0.717) is 23.4 Å². The van der Waals surface area contributed by atoms with Crippen LogP contribution in [0.15, 0.2) is 67.0 Å². The van der Waals surface area contributed by atoms with Crippen LogP contribution in [0.2, 0.25) is 0 Å². The first-order valence-electron chi connectivity index (χ1n) is 13.7. The van der Waals surface area contributed by atoms with E-state index < -0.39 is 6.10 Å². The monoisotopic (exact) mass is 530 g/mol. The Hall–Kier alpha value is -3.87. The molecule has 0 saturated heterocycles. The molecule has 3 N–H and O–H groups in total. The first kappa shape index (κ1) is 29.7. The van der Waals surface area contributed by atoms with Crippen molar-refractivity contribution in [3.05, 3.63) is 83.7 Å². The van der Waals surface area contributed by atoms with E-state index >= 15 is 0 Å². The summed E-state index contributed by atoms with van der Waals surface area (Å²) in [5.74, 6) is 0.255. The SMILES string of the molecule is CCC(Oc1ccc(C(C)(C)CC)cc1C(C)(C)CC)C(=O)Nc1ccc(NNC(=O)c2cccnc2)cc1. The molecule has 1 unspecified atom stereocenters. The summed E-state index contributed by atoms with van der Waals surface area (Å²) in [4.78, 5) is 29.3.